The first-order valence-corrected chi connectivity index (χ1v) is 16.3. The second-order valence-corrected chi connectivity index (χ2v) is 13.7. The van der Waals surface area contributed by atoms with E-state index >= 15 is 0 Å². The number of nitro benzene ring substituents is 1. The molecular formula is C35H42N2O11. The monoisotopic (exact) mass is 666 g/mol. The molecule has 0 amide bonds. The van der Waals surface area contributed by atoms with Crippen LogP contribution in [0.5, 0.6) is 11.5 Å². The number of ether oxygens (including phenoxy) is 5. The predicted molar refractivity (Wildman–Crippen MR) is 170 cm³/mol. The number of nitro groups is 1. The van der Waals surface area contributed by atoms with Gasteiger partial charge in [-0.05, 0) is 106 Å². The average molecular weight is 667 g/mol. The zero-order valence-electron chi connectivity index (χ0n) is 27.4. The Balaban J connectivity index is 1.26. The Morgan fingerprint density at radius 3 is 2.52 bits per heavy atom. The van der Waals surface area contributed by atoms with Gasteiger partial charge in [0.25, 0.3) is 5.69 Å². The molecule has 2 unspecified atom stereocenters. The van der Waals surface area contributed by atoms with E-state index in [4.69, 9.17) is 23.7 Å². The van der Waals surface area contributed by atoms with E-state index in [2.05, 4.69) is 4.90 Å². The highest BCUT2D eigenvalue weighted by atomic mass is 16.7. The lowest BCUT2D eigenvalue weighted by atomic mass is 9.77. The summed E-state index contributed by atoms with van der Waals surface area (Å²) >= 11 is 0. The normalized spacial score (nSPS) is 24.0. The predicted octanol–water partition coefficient (Wildman–Crippen LogP) is 4.06. The fraction of sp³-hybridized carbons (Fsp3) is 0.543. The number of benzene rings is 2. The second-order valence-electron chi connectivity index (χ2n) is 13.7. The Bertz CT molecular complexity index is 1600. The number of fused-ring (bicyclic) bond motifs is 3. The van der Waals surface area contributed by atoms with Crippen LogP contribution in [0.15, 0.2) is 48.2 Å². The van der Waals surface area contributed by atoms with Gasteiger partial charge in [-0.2, -0.15) is 0 Å². The van der Waals surface area contributed by atoms with Crippen LogP contribution >= 0.6 is 0 Å². The molecule has 2 aromatic rings. The molecule has 2 N–H and O–H groups in total. The molecule has 258 valence electrons. The van der Waals surface area contributed by atoms with Crippen molar-refractivity contribution in [3.63, 3.8) is 0 Å². The third-order valence-electron chi connectivity index (χ3n) is 9.94. The summed E-state index contributed by atoms with van der Waals surface area (Å²) in [5.41, 5.74) is -1.41. The highest BCUT2D eigenvalue weighted by molar-refractivity contribution is 5.86. The van der Waals surface area contributed by atoms with E-state index in [0.717, 1.165) is 43.5 Å². The van der Waals surface area contributed by atoms with Gasteiger partial charge >= 0.3 is 11.9 Å². The summed E-state index contributed by atoms with van der Waals surface area (Å²) in [6.07, 6.45) is 3.29. The number of hydrogen-bond acceptors (Lipinski definition) is 12. The van der Waals surface area contributed by atoms with Crippen LogP contribution in [-0.4, -0.2) is 81.8 Å². The Hall–Kier alpha value is -4.20. The molecule has 4 atom stereocenters. The van der Waals surface area contributed by atoms with Gasteiger partial charge in [-0.15, -0.1) is 0 Å². The maximum Gasteiger partial charge on any atom is 0.339 e. The lowest BCUT2D eigenvalue weighted by Gasteiger charge is -2.39. The van der Waals surface area contributed by atoms with Gasteiger partial charge in [0.2, 0.25) is 6.79 Å². The van der Waals surface area contributed by atoms with Crippen LogP contribution in [0.3, 0.4) is 0 Å². The third kappa shape index (κ3) is 6.58. The summed E-state index contributed by atoms with van der Waals surface area (Å²) in [5.74, 6) is -0.469. The molecule has 3 aliphatic heterocycles. The first-order chi connectivity index (χ1) is 22.8. The SMILES string of the molecule is COC1=C[C@]23CCCN2CCc2cc4c(cc2[C@@H]3C1OC(=O)C(O)(CCCC(C)(C)O)CC(=O)OCc1ccc([N+](=O)[O-])cc1)OCO4. The summed E-state index contributed by atoms with van der Waals surface area (Å²) in [5, 5.41) is 33.2. The third-order valence-corrected chi connectivity index (χ3v) is 9.94. The fourth-order valence-corrected chi connectivity index (χ4v) is 7.56. The van der Waals surface area contributed by atoms with Crippen molar-refractivity contribution in [3.8, 4) is 11.5 Å². The summed E-state index contributed by atoms with van der Waals surface area (Å²) in [6.45, 7) is 4.82. The Morgan fingerprint density at radius 2 is 1.83 bits per heavy atom. The maximum absolute atomic E-state index is 14.2. The van der Waals surface area contributed by atoms with Crippen molar-refractivity contribution in [2.75, 3.05) is 27.0 Å². The molecule has 0 saturated carbocycles. The van der Waals surface area contributed by atoms with Crippen LogP contribution in [0.25, 0.3) is 0 Å². The van der Waals surface area contributed by atoms with Crippen LogP contribution < -0.4 is 9.47 Å². The van der Waals surface area contributed by atoms with Crippen molar-refractivity contribution in [1.82, 2.24) is 4.90 Å². The smallest absolute Gasteiger partial charge is 0.339 e. The Kier molecular flexibility index (Phi) is 9.14. The number of hydrogen-bond donors (Lipinski definition) is 2. The van der Waals surface area contributed by atoms with Gasteiger partial charge < -0.3 is 33.9 Å². The van der Waals surface area contributed by atoms with Gasteiger partial charge in [-0.25, -0.2) is 4.79 Å². The molecule has 2 aromatic carbocycles. The first kappa shape index (κ1) is 33.7. The second kappa shape index (κ2) is 13.0. The lowest BCUT2D eigenvalue weighted by molar-refractivity contribution is -0.384. The van der Waals surface area contributed by atoms with E-state index in [1.165, 1.54) is 31.4 Å². The Morgan fingerprint density at radius 1 is 1.10 bits per heavy atom. The van der Waals surface area contributed by atoms with Gasteiger partial charge in [0, 0.05) is 18.7 Å². The molecule has 1 fully saturated rings. The quantitative estimate of drug-likeness (QED) is 0.190. The summed E-state index contributed by atoms with van der Waals surface area (Å²) in [4.78, 5) is 40.1. The van der Waals surface area contributed by atoms with E-state index in [1.54, 1.807) is 13.8 Å². The maximum atomic E-state index is 14.2. The summed E-state index contributed by atoms with van der Waals surface area (Å²) in [7, 11) is 1.53. The van der Waals surface area contributed by atoms with Crippen molar-refractivity contribution in [3.05, 3.63) is 75.0 Å². The molecule has 48 heavy (non-hydrogen) atoms. The van der Waals surface area contributed by atoms with Gasteiger partial charge in [-0.1, -0.05) is 0 Å². The van der Waals surface area contributed by atoms with Crippen molar-refractivity contribution < 1.29 is 48.4 Å². The van der Waals surface area contributed by atoms with Crippen molar-refractivity contribution in [2.45, 2.75) is 94.2 Å². The minimum absolute atomic E-state index is 0.102. The highest BCUT2D eigenvalue weighted by Crippen LogP contribution is 2.55. The minimum atomic E-state index is -2.27. The zero-order chi connectivity index (χ0) is 34.3. The molecule has 6 rings (SSSR count). The van der Waals surface area contributed by atoms with Crippen LogP contribution in [-0.2, 0) is 36.8 Å². The zero-order valence-corrected chi connectivity index (χ0v) is 27.4. The molecular weight excluding hydrogens is 624 g/mol. The molecule has 0 radical (unpaired) electrons. The number of carbonyl (C=O) groups excluding carboxylic acids is 2. The van der Waals surface area contributed by atoms with Gasteiger partial charge in [-0.3, -0.25) is 19.8 Å². The number of esters is 2. The number of carbonyl (C=O) groups is 2. The lowest BCUT2D eigenvalue weighted by Crippen LogP contribution is -2.49. The fourth-order valence-electron chi connectivity index (χ4n) is 7.56. The molecule has 13 nitrogen and oxygen atoms in total. The van der Waals surface area contributed by atoms with E-state index in [-0.39, 0.29) is 44.3 Å². The van der Waals surface area contributed by atoms with Crippen LogP contribution in [0.4, 0.5) is 5.69 Å². The standard InChI is InChI=1S/C35H42N2O11/c1-33(2,40)11-4-13-35(41,19-29(38)45-20-22-6-8-24(9-7-22)37(42)43)32(39)48-31-28(44-3)18-34-12-5-14-36(34)15-10-23-16-26-27(47-21-46-26)17-25(23)30(31)34/h6-9,16-18,30-31,40-41H,4-5,10-15,19-21H2,1-3H3/t30-,31?,34+,35?/m1/s1. The highest BCUT2D eigenvalue weighted by Gasteiger charge is 2.59. The molecule has 13 heteroatoms. The molecule has 1 saturated heterocycles. The van der Waals surface area contributed by atoms with Crippen LogP contribution in [0, 0.1) is 10.1 Å². The van der Waals surface area contributed by atoms with E-state index < -0.39 is 46.1 Å². The van der Waals surface area contributed by atoms with E-state index in [9.17, 15) is 29.9 Å². The van der Waals surface area contributed by atoms with Crippen LogP contribution in [0.2, 0.25) is 0 Å². The van der Waals surface area contributed by atoms with Crippen molar-refractivity contribution in [1.29, 1.82) is 0 Å². The molecule has 0 aromatic heterocycles. The summed E-state index contributed by atoms with van der Waals surface area (Å²) in [6, 6.07) is 9.48. The van der Waals surface area contributed by atoms with Crippen molar-refractivity contribution >= 4 is 17.6 Å². The molecule has 1 aliphatic carbocycles. The number of non-ortho nitro benzene ring substituents is 1. The summed E-state index contributed by atoms with van der Waals surface area (Å²) < 4.78 is 28.9. The van der Waals surface area contributed by atoms with Crippen molar-refractivity contribution in [2.24, 2.45) is 0 Å². The first-order valence-electron chi connectivity index (χ1n) is 16.3. The molecule has 3 heterocycles. The van der Waals surface area contributed by atoms with E-state index in [1.807, 2.05) is 18.2 Å². The Labute approximate surface area is 278 Å². The van der Waals surface area contributed by atoms with Gasteiger partial charge in [0.15, 0.2) is 23.2 Å². The van der Waals surface area contributed by atoms with E-state index in [0.29, 0.717) is 22.8 Å². The van der Waals surface area contributed by atoms with Crippen LogP contribution in [0.1, 0.15) is 75.0 Å². The largest absolute Gasteiger partial charge is 0.497 e. The number of aliphatic hydroxyl groups is 2. The van der Waals surface area contributed by atoms with Gasteiger partial charge in [0.05, 0.1) is 35.5 Å². The average Bonchev–Trinajstić information content (AvgIpc) is 3.73. The molecule has 1 spiro atoms. The number of nitrogens with zero attached hydrogens (tertiary/aromatic N) is 2. The topological polar surface area (TPSA) is 167 Å². The van der Waals surface area contributed by atoms with Gasteiger partial charge in [0.1, 0.15) is 12.4 Å². The number of rotatable bonds is 12. The molecule has 4 aliphatic rings. The number of methoxy groups -OCH3 is 1. The minimum Gasteiger partial charge on any atom is -0.497 e. The molecule has 0 bridgehead atoms.